The average Bonchev–Trinajstić information content (AvgIpc) is 2.28. The molecule has 0 saturated heterocycles. The summed E-state index contributed by atoms with van der Waals surface area (Å²) in [5, 5.41) is 3.87. The molecular formula is C12H17ClN2O2. The lowest BCUT2D eigenvalue weighted by atomic mass is 10.2. The molecule has 0 aliphatic heterocycles. The quantitative estimate of drug-likeness (QED) is 0.781. The fourth-order valence-corrected chi connectivity index (χ4v) is 1.54. The number of amides is 1. The topological polar surface area (TPSA) is 64.3 Å². The lowest BCUT2D eigenvalue weighted by molar-refractivity contribution is -0.118. The van der Waals surface area contributed by atoms with Crippen molar-refractivity contribution in [3.05, 3.63) is 28.8 Å². The van der Waals surface area contributed by atoms with E-state index in [4.69, 9.17) is 22.1 Å². The van der Waals surface area contributed by atoms with Crippen molar-refractivity contribution in [2.45, 2.75) is 19.9 Å². The molecule has 0 aliphatic rings. The summed E-state index contributed by atoms with van der Waals surface area (Å²) in [6.07, 6.45) is 0.212. The summed E-state index contributed by atoms with van der Waals surface area (Å²) in [4.78, 5) is 10.6. The van der Waals surface area contributed by atoms with E-state index in [9.17, 15) is 4.79 Å². The van der Waals surface area contributed by atoms with Crippen LogP contribution in [0.5, 0.6) is 5.75 Å². The third-order valence-corrected chi connectivity index (χ3v) is 2.43. The van der Waals surface area contributed by atoms with Crippen LogP contribution in [0.25, 0.3) is 0 Å². The summed E-state index contributed by atoms with van der Waals surface area (Å²) in [6.45, 7) is 3.87. The highest BCUT2D eigenvalue weighted by molar-refractivity contribution is 6.30. The number of carbonyl (C=O) groups excluding carboxylic acids is 1. The van der Waals surface area contributed by atoms with Crippen LogP contribution in [-0.4, -0.2) is 19.1 Å². The van der Waals surface area contributed by atoms with Gasteiger partial charge in [0.15, 0.2) is 0 Å². The van der Waals surface area contributed by atoms with Crippen molar-refractivity contribution in [2.24, 2.45) is 5.73 Å². The molecule has 1 aromatic rings. The van der Waals surface area contributed by atoms with E-state index < -0.39 is 0 Å². The van der Waals surface area contributed by atoms with Crippen molar-refractivity contribution < 1.29 is 9.53 Å². The van der Waals surface area contributed by atoms with E-state index in [0.717, 1.165) is 17.9 Å². The first-order valence-corrected chi connectivity index (χ1v) is 5.91. The van der Waals surface area contributed by atoms with Crippen LogP contribution in [0.15, 0.2) is 18.2 Å². The van der Waals surface area contributed by atoms with Gasteiger partial charge in [0.05, 0.1) is 13.0 Å². The maximum Gasteiger partial charge on any atom is 0.220 e. The number of rotatable bonds is 7. The third kappa shape index (κ3) is 5.06. The predicted molar refractivity (Wildman–Crippen MR) is 68.1 cm³/mol. The van der Waals surface area contributed by atoms with Gasteiger partial charge in [-0.2, -0.15) is 0 Å². The highest BCUT2D eigenvalue weighted by Crippen LogP contribution is 2.22. The molecule has 0 heterocycles. The zero-order chi connectivity index (χ0) is 12.7. The van der Waals surface area contributed by atoms with Crippen molar-refractivity contribution in [1.29, 1.82) is 0 Å². The van der Waals surface area contributed by atoms with Crippen LogP contribution in [-0.2, 0) is 11.3 Å². The maximum atomic E-state index is 10.6. The van der Waals surface area contributed by atoms with E-state index >= 15 is 0 Å². The van der Waals surface area contributed by atoms with Crippen LogP contribution < -0.4 is 15.8 Å². The lowest BCUT2D eigenvalue weighted by Gasteiger charge is -2.11. The second-order valence-electron chi connectivity index (χ2n) is 3.60. The number of hydrogen-bond donors (Lipinski definition) is 2. The first-order valence-electron chi connectivity index (χ1n) is 5.53. The Morgan fingerprint density at radius 3 is 2.94 bits per heavy atom. The molecule has 0 radical (unpaired) electrons. The van der Waals surface area contributed by atoms with E-state index in [2.05, 4.69) is 5.32 Å². The number of nitrogens with two attached hydrogens (primary N) is 1. The number of primary amides is 1. The molecule has 0 atom stereocenters. The van der Waals surface area contributed by atoms with Gasteiger partial charge in [0.1, 0.15) is 5.75 Å². The lowest BCUT2D eigenvalue weighted by Crippen LogP contribution is -2.16. The van der Waals surface area contributed by atoms with Crippen molar-refractivity contribution in [3.8, 4) is 5.75 Å². The first kappa shape index (κ1) is 13.8. The Balaban J connectivity index is 2.64. The SMILES string of the molecule is CCNCc1cc(Cl)ccc1OCCC(N)=O. The van der Waals surface area contributed by atoms with Crippen molar-refractivity contribution in [3.63, 3.8) is 0 Å². The Labute approximate surface area is 106 Å². The molecule has 1 amide bonds. The number of ether oxygens (including phenoxy) is 1. The summed E-state index contributed by atoms with van der Waals surface area (Å²) in [5.74, 6) is 0.365. The Bertz CT molecular complexity index is 383. The largest absolute Gasteiger partial charge is 0.493 e. The third-order valence-electron chi connectivity index (χ3n) is 2.19. The molecule has 0 aliphatic carbocycles. The zero-order valence-electron chi connectivity index (χ0n) is 9.83. The fourth-order valence-electron chi connectivity index (χ4n) is 1.35. The number of halogens is 1. The molecule has 5 heteroatoms. The number of nitrogens with one attached hydrogen (secondary N) is 1. The molecule has 0 saturated carbocycles. The van der Waals surface area contributed by atoms with Crippen LogP contribution in [0.4, 0.5) is 0 Å². The van der Waals surface area contributed by atoms with Gasteiger partial charge < -0.3 is 15.8 Å². The minimum Gasteiger partial charge on any atom is -0.493 e. The summed E-state index contributed by atoms with van der Waals surface area (Å²) < 4.78 is 5.50. The summed E-state index contributed by atoms with van der Waals surface area (Å²) in [5.41, 5.74) is 6.02. The molecule has 0 spiro atoms. The van der Waals surface area contributed by atoms with E-state index in [1.807, 2.05) is 13.0 Å². The summed E-state index contributed by atoms with van der Waals surface area (Å²) >= 11 is 5.92. The van der Waals surface area contributed by atoms with Gasteiger partial charge in [0.25, 0.3) is 0 Å². The average molecular weight is 257 g/mol. The summed E-state index contributed by atoms with van der Waals surface area (Å²) in [6, 6.07) is 5.41. The monoisotopic (exact) mass is 256 g/mol. The zero-order valence-corrected chi connectivity index (χ0v) is 10.6. The molecule has 0 fully saturated rings. The van der Waals surface area contributed by atoms with Crippen LogP contribution >= 0.6 is 11.6 Å². The van der Waals surface area contributed by atoms with Crippen LogP contribution in [0.3, 0.4) is 0 Å². The van der Waals surface area contributed by atoms with Gasteiger partial charge >= 0.3 is 0 Å². The van der Waals surface area contributed by atoms with Gasteiger partial charge in [-0.25, -0.2) is 0 Å². The number of carbonyl (C=O) groups is 1. The van der Waals surface area contributed by atoms with Gasteiger partial charge in [-0.1, -0.05) is 18.5 Å². The molecule has 0 bridgehead atoms. The standard InChI is InChI=1S/C12H17ClN2O2/c1-2-15-8-9-7-10(13)3-4-11(9)17-6-5-12(14)16/h3-4,7,15H,2,5-6,8H2,1H3,(H2,14,16). The van der Waals surface area contributed by atoms with Gasteiger partial charge in [0.2, 0.25) is 5.91 Å². The van der Waals surface area contributed by atoms with Gasteiger partial charge in [-0.3, -0.25) is 4.79 Å². The van der Waals surface area contributed by atoms with Crippen LogP contribution in [0, 0.1) is 0 Å². The molecule has 94 valence electrons. The smallest absolute Gasteiger partial charge is 0.220 e. The van der Waals surface area contributed by atoms with E-state index in [1.54, 1.807) is 12.1 Å². The Morgan fingerprint density at radius 1 is 1.53 bits per heavy atom. The molecule has 3 N–H and O–H groups in total. The molecule has 0 unspecified atom stereocenters. The van der Waals surface area contributed by atoms with Crippen LogP contribution in [0.2, 0.25) is 5.02 Å². The Kier molecular flexibility index (Phi) is 5.80. The van der Waals surface area contributed by atoms with E-state index in [0.29, 0.717) is 11.6 Å². The second kappa shape index (κ2) is 7.14. The fraction of sp³-hybridized carbons (Fsp3) is 0.417. The first-order chi connectivity index (χ1) is 8.13. The maximum absolute atomic E-state index is 10.6. The molecule has 1 aromatic carbocycles. The van der Waals surface area contributed by atoms with Gasteiger partial charge in [-0.15, -0.1) is 0 Å². The minimum atomic E-state index is -0.368. The highest BCUT2D eigenvalue weighted by Gasteiger charge is 2.05. The van der Waals surface area contributed by atoms with Gasteiger partial charge in [0, 0.05) is 17.1 Å². The van der Waals surface area contributed by atoms with E-state index in [-0.39, 0.29) is 18.9 Å². The van der Waals surface area contributed by atoms with Crippen molar-refractivity contribution in [1.82, 2.24) is 5.32 Å². The normalized spacial score (nSPS) is 10.2. The molecule has 0 aromatic heterocycles. The second-order valence-corrected chi connectivity index (χ2v) is 4.03. The highest BCUT2D eigenvalue weighted by atomic mass is 35.5. The Morgan fingerprint density at radius 2 is 2.29 bits per heavy atom. The number of hydrogen-bond acceptors (Lipinski definition) is 3. The molecular weight excluding hydrogens is 240 g/mol. The predicted octanol–water partition coefficient (Wildman–Crippen LogP) is 1.70. The Hall–Kier alpha value is -1.26. The molecule has 4 nitrogen and oxygen atoms in total. The van der Waals surface area contributed by atoms with Gasteiger partial charge in [-0.05, 0) is 24.7 Å². The van der Waals surface area contributed by atoms with E-state index in [1.165, 1.54) is 0 Å². The van der Waals surface area contributed by atoms with Crippen molar-refractivity contribution in [2.75, 3.05) is 13.2 Å². The van der Waals surface area contributed by atoms with Crippen molar-refractivity contribution >= 4 is 17.5 Å². The minimum absolute atomic E-state index is 0.212. The molecule has 1 rings (SSSR count). The summed E-state index contributed by atoms with van der Waals surface area (Å²) in [7, 11) is 0. The van der Waals surface area contributed by atoms with Crippen LogP contribution in [0.1, 0.15) is 18.9 Å². The molecule has 17 heavy (non-hydrogen) atoms. The number of benzene rings is 1.